The zero-order valence-corrected chi connectivity index (χ0v) is 11.5. The number of nitrogens with one attached hydrogen (secondary N) is 1. The molecule has 0 fully saturated rings. The lowest BCUT2D eigenvalue weighted by Crippen LogP contribution is -2.15. The average molecular weight is 239 g/mol. The Morgan fingerprint density at radius 3 is 2.65 bits per heavy atom. The van der Waals surface area contributed by atoms with Crippen LogP contribution >= 0.6 is 0 Å². The van der Waals surface area contributed by atoms with Crippen molar-refractivity contribution in [3.8, 4) is 0 Å². The second kappa shape index (κ2) is 6.49. The first-order valence-electron chi connectivity index (χ1n) is 6.27. The van der Waals surface area contributed by atoms with Gasteiger partial charge in [-0.3, -0.25) is 0 Å². The van der Waals surface area contributed by atoms with E-state index in [0.29, 0.717) is 0 Å². The number of aromatic nitrogens is 2. The van der Waals surface area contributed by atoms with Gasteiger partial charge in [0.2, 0.25) is 0 Å². The molecule has 5 heteroatoms. The minimum atomic E-state index is 0.777. The molecule has 1 aromatic heterocycles. The molecule has 17 heavy (non-hydrogen) atoms. The lowest BCUT2D eigenvalue weighted by molar-refractivity contribution is 0.396. The summed E-state index contributed by atoms with van der Waals surface area (Å²) in [4.78, 5) is 2.20. The molecule has 3 N–H and O–H groups in total. The maximum atomic E-state index is 5.99. The molecule has 0 amide bonds. The van der Waals surface area contributed by atoms with Crippen molar-refractivity contribution in [2.24, 2.45) is 0 Å². The molecule has 1 heterocycles. The van der Waals surface area contributed by atoms with Gasteiger partial charge in [-0.25, -0.2) is 4.68 Å². The van der Waals surface area contributed by atoms with E-state index in [2.05, 4.69) is 36.3 Å². The van der Waals surface area contributed by atoms with Crippen LogP contribution in [0.2, 0.25) is 0 Å². The fraction of sp³-hybridized carbons (Fsp3) is 0.750. The van der Waals surface area contributed by atoms with E-state index in [-0.39, 0.29) is 0 Å². The molecule has 0 aliphatic heterocycles. The molecule has 0 aromatic carbocycles. The van der Waals surface area contributed by atoms with Crippen molar-refractivity contribution >= 4 is 11.5 Å². The van der Waals surface area contributed by atoms with Gasteiger partial charge in [0.1, 0.15) is 5.82 Å². The summed E-state index contributed by atoms with van der Waals surface area (Å²) in [6.07, 6.45) is 2.34. The minimum Gasteiger partial charge on any atom is -0.394 e. The first-order valence-corrected chi connectivity index (χ1v) is 6.27. The van der Waals surface area contributed by atoms with E-state index in [1.807, 2.05) is 11.6 Å². The van der Waals surface area contributed by atoms with Gasteiger partial charge in [0.05, 0.1) is 11.4 Å². The summed E-state index contributed by atoms with van der Waals surface area (Å²) in [5, 5.41) is 7.76. The summed E-state index contributed by atoms with van der Waals surface area (Å²) in [6.45, 7) is 6.94. The molecule has 0 bridgehead atoms. The van der Waals surface area contributed by atoms with Crippen LogP contribution in [0.3, 0.4) is 0 Å². The Labute approximate surface area is 104 Å². The first-order chi connectivity index (χ1) is 8.06. The molecule has 0 radical (unpaired) electrons. The van der Waals surface area contributed by atoms with Crippen LogP contribution in [0.4, 0.5) is 11.5 Å². The Hall–Kier alpha value is -1.23. The van der Waals surface area contributed by atoms with Gasteiger partial charge in [0.25, 0.3) is 0 Å². The molecule has 0 saturated carbocycles. The Morgan fingerprint density at radius 2 is 2.06 bits per heavy atom. The van der Waals surface area contributed by atoms with Gasteiger partial charge in [0.15, 0.2) is 0 Å². The van der Waals surface area contributed by atoms with Gasteiger partial charge in [0, 0.05) is 13.1 Å². The van der Waals surface area contributed by atoms with Crippen molar-refractivity contribution in [3.05, 3.63) is 5.69 Å². The van der Waals surface area contributed by atoms with Crippen LogP contribution in [-0.4, -0.2) is 41.9 Å². The highest BCUT2D eigenvalue weighted by atomic mass is 15.3. The number of aryl methyl sites for hydroxylation is 2. The Kier molecular flexibility index (Phi) is 5.28. The van der Waals surface area contributed by atoms with Crippen molar-refractivity contribution in [2.75, 3.05) is 38.2 Å². The number of nitrogen functional groups attached to an aromatic ring is 1. The summed E-state index contributed by atoms with van der Waals surface area (Å²) in [7, 11) is 4.20. The summed E-state index contributed by atoms with van der Waals surface area (Å²) >= 11 is 0. The molecular formula is C12H25N5. The SMILES string of the molecule is CCn1nc(C)c(N)c1NCCCCN(C)C. The highest BCUT2D eigenvalue weighted by Crippen LogP contribution is 2.21. The smallest absolute Gasteiger partial charge is 0.148 e. The lowest BCUT2D eigenvalue weighted by Gasteiger charge is -2.11. The highest BCUT2D eigenvalue weighted by molar-refractivity contribution is 5.64. The molecule has 1 rings (SSSR count). The van der Waals surface area contributed by atoms with Crippen LogP contribution in [0.15, 0.2) is 0 Å². The number of anilines is 2. The van der Waals surface area contributed by atoms with Crippen LogP contribution < -0.4 is 11.1 Å². The molecule has 0 unspecified atom stereocenters. The Morgan fingerprint density at radius 1 is 1.35 bits per heavy atom. The van der Waals surface area contributed by atoms with E-state index in [1.54, 1.807) is 0 Å². The minimum absolute atomic E-state index is 0.777. The quantitative estimate of drug-likeness (QED) is 0.709. The van der Waals surface area contributed by atoms with Crippen LogP contribution in [0, 0.1) is 6.92 Å². The zero-order valence-electron chi connectivity index (χ0n) is 11.5. The van der Waals surface area contributed by atoms with Gasteiger partial charge in [-0.1, -0.05) is 0 Å². The largest absolute Gasteiger partial charge is 0.394 e. The topological polar surface area (TPSA) is 59.1 Å². The predicted octanol–water partition coefficient (Wildman–Crippen LogP) is 1.55. The molecule has 0 atom stereocenters. The average Bonchev–Trinajstić information content (AvgIpc) is 2.55. The van der Waals surface area contributed by atoms with E-state index in [9.17, 15) is 0 Å². The second-order valence-electron chi connectivity index (χ2n) is 4.60. The van der Waals surface area contributed by atoms with Crippen molar-refractivity contribution in [1.82, 2.24) is 14.7 Å². The van der Waals surface area contributed by atoms with Crippen molar-refractivity contribution < 1.29 is 0 Å². The molecule has 98 valence electrons. The number of hydrogen-bond acceptors (Lipinski definition) is 4. The van der Waals surface area contributed by atoms with Crippen molar-refractivity contribution in [1.29, 1.82) is 0 Å². The van der Waals surface area contributed by atoms with E-state index in [0.717, 1.165) is 43.3 Å². The van der Waals surface area contributed by atoms with Crippen LogP contribution in [0.25, 0.3) is 0 Å². The van der Waals surface area contributed by atoms with Gasteiger partial charge < -0.3 is 16.0 Å². The van der Waals surface area contributed by atoms with E-state index >= 15 is 0 Å². The Bertz CT molecular complexity index is 343. The zero-order chi connectivity index (χ0) is 12.8. The normalized spacial score (nSPS) is 11.1. The molecule has 0 saturated heterocycles. The standard InChI is InChI=1S/C12H25N5/c1-5-17-12(11(13)10(2)15-17)14-8-6-7-9-16(3)4/h14H,5-9,13H2,1-4H3. The van der Waals surface area contributed by atoms with Crippen molar-refractivity contribution in [2.45, 2.75) is 33.2 Å². The third-order valence-electron chi connectivity index (χ3n) is 2.80. The number of nitrogens with two attached hydrogens (primary N) is 1. The maximum absolute atomic E-state index is 5.99. The van der Waals surface area contributed by atoms with E-state index in [1.165, 1.54) is 6.42 Å². The van der Waals surface area contributed by atoms with Gasteiger partial charge in [-0.15, -0.1) is 0 Å². The summed E-state index contributed by atoms with van der Waals surface area (Å²) in [6, 6.07) is 0. The lowest BCUT2D eigenvalue weighted by atomic mass is 10.3. The molecule has 0 aliphatic carbocycles. The fourth-order valence-corrected chi connectivity index (χ4v) is 1.77. The third kappa shape index (κ3) is 3.93. The molecule has 1 aromatic rings. The fourth-order valence-electron chi connectivity index (χ4n) is 1.77. The predicted molar refractivity (Wildman–Crippen MR) is 73.3 cm³/mol. The van der Waals surface area contributed by atoms with Crippen molar-refractivity contribution in [3.63, 3.8) is 0 Å². The van der Waals surface area contributed by atoms with Gasteiger partial charge in [-0.2, -0.15) is 5.10 Å². The number of nitrogens with zero attached hydrogens (tertiary/aromatic N) is 3. The monoisotopic (exact) mass is 239 g/mol. The summed E-state index contributed by atoms with van der Waals surface area (Å²) in [5.74, 6) is 0.967. The van der Waals surface area contributed by atoms with Gasteiger partial charge in [-0.05, 0) is 47.3 Å². The number of unbranched alkanes of at least 4 members (excludes halogenated alkanes) is 1. The third-order valence-corrected chi connectivity index (χ3v) is 2.80. The molecule has 0 aliphatic rings. The molecular weight excluding hydrogens is 214 g/mol. The van der Waals surface area contributed by atoms with Crippen LogP contribution in [0.1, 0.15) is 25.5 Å². The summed E-state index contributed by atoms with van der Waals surface area (Å²) in [5.41, 5.74) is 7.67. The highest BCUT2D eigenvalue weighted by Gasteiger charge is 2.10. The molecule has 0 spiro atoms. The van der Waals surface area contributed by atoms with E-state index in [4.69, 9.17) is 5.73 Å². The molecule has 5 nitrogen and oxygen atoms in total. The maximum Gasteiger partial charge on any atom is 0.148 e. The first kappa shape index (κ1) is 13.8. The number of hydrogen-bond donors (Lipinski definition) is 2. The summed E-state index contributed by atoms with van der Waals surface area (Å²) < 4.78 is 1.93. The van der Waals surface area contributed by atoms with Crippen LogP contribution in [0.5, 0.6) is 0 Å². The van der Waals surface area contributed by atoms with Gasteiger partial charge >= 0.3 is 0 Å². The second-order valence-corrected chi connectivity index (χ2v) is 4.60. The van der Waals surface area contributed by atoms with Crippen LogP contribution in [-0.2, 0) is 6.54 Å². The Balaban J connectivity index is 2.41. The van der Waals surface area contributed by atoms with E-state index < -0.39 is 0 Å². The number of rotatable bonds is 7.